The third kappa shape index (κ3) is 6.05. The van der Waals surface area contributed by atoms with Crippen molar-refractivity contribution < 1.29 is 9.53 Å². The minimum absolute atomic E-state index is 0.130. The predicted molar refractivity (Wildman–Crippen MR) is 57.1 cm³/mol. The first-order chi connectivity index (χ1) is 6.11. The van der Waals surface area contributed by atoms with E-state index in [0.29, 0.717) is 24.4 Å². The summed E-state index contributed by atoms with van der Waals surface area (Å²) in [5.74, 6) is 0.630. The van der Waals surface area contributed by atoms with E-state index < -0.39 is 0 Å². The second-order valence-electron chi connectivity index (χ2n) is 3.36. The third-order valence-electron chi connectivity index (χ3n) is 1.62. The Morgan fingerprint density at radius 1 is 1.54 bits per heavy atom. The van der Waals surface area contributed by atoms with Crippen LogP contribution in [0.4, 0.5) is 0 Å². The molecule has 0 saturated heterocycles. The van der Waals surface area contributed by atoms with Gasteiger partial charge in [0.25, 0.3) is 0 Å². The van der Waals surface area contributed by atoms with E-state index >= 15 is 0 Å². The Hall–Kier alpha value is -0.0900. The van der Waals surface area contributed by atoms with Crippen molar-refractivity contribution in [2.24, 2.45) is 5.92 Å². The van der Waals surface area contributed by atoms with Crippen molar-refractivity contribution >= 4 is 21.8 Å². The van der Waals surface area contributed by atoms with Crippen LogP contribution in [-0.4, -0.2) is 42.9 Å². The molecule has 4 heteroatoms. The van der Waals surface area contributed by atoms with Crippen LogP contribution < -0.4 is 0 Å². The molecular formula is C9H18BrNO2. The van der Waals surface area contributed by atoms with E-state index in [1.807, 2.05) is 4.90 Å². The van der Waals surface area contributed by atoms with Crippen LogP contribution in [0.1, 0.15) is 13.8 Å². The molecule has 0 aromatic heterocycles. The number of carbonyl (C=O) groups excluding carboxylic acids is 1. The minimum Gasteiger partial charge on any atom is -0.383 e. The summed E-state index contributed by atoms with van der Waals surface area (Å²) in [5, 5.41) is 0.392. The zero-order chi connectivity index (χ0) is 10.3. The number of methoxy groups -OCH3 is 1. The van der Waals surface area contributed by atoms with Gasteiger partial charge in [-0.25, -0.2) is 0 Å². The number of ether oxygens (including phenoxy) is 1. The van der Waals surface area contributed by atoms with E-state index in [1.54, 1.807) is 7.11 Å². The van der Waals surface area contributed by atoms with Gasteiger partial charge in [0.2, 0.25) is 5.91 Å². The molecular weight excluding hydrogens is 234 g/mol. The molecule has 0 radical (unpaired) electrons. The number of hydrogen-bond acceptors (Lipinski definition) is 2. The quantitative estimate of drug-likeness (QED) is 0.671. The van der Waals surface area contributed by atoms with Gasteiger partial charge in [-0.2, -0.15) is 0 Å². The first-order valence-electron chi connectivity index (χ1n) is 4.44. The summed E-state index contributed by atoms with van der Waals surface area (Å²) < 4.78 is 4.94. The minimum atomic E-state index is 0.130. The van der Waals surface area contributed by atoms with Crippen LogP contribution in [0.15, 0.2) is 0 Å². The zero-order valence-electron chi connectivity index (χ0n) is 8.55. The van der Waals surface area contributed by atoms with Crippen molar-refractivity contribution in [2.75, 3.05) is 32.1 Å². The molecule has 0 rings (SSSR count). The largest absolute Gasteiger partial charge is 0.383 e. The Kier molecular flexibility index (Phi) is 7.28. The van der Waals surface area contributed by atoms with Crippen molar-refractivity contribution in [2.45, 2.75) is 13.8 Å². The van der Waals surface area contributed by atoms with Gasteiger partial charge in [0.1, 0.15) is 0 Å². The van der Waals surface area contributed by atoms with Crippen LogP contribution in [0.2, 0.25) is 0 Å². The fourth-order valence-corrected chi connectivity index (χ4v) is 1.40. The van der Waals surface area contributed by atoms with E-state index in [4.69, 9.17) is 4.74 Å². The number of nitrogens with zero attached hydrogens (tertiary/aromatic N) is 1. The highest BCUT2D eigenvalue weighted by atomic mass is 79.9. The summed E-state index contributed by atoms with van der Waals surface area (Å²) in [6.45, 7) is 6.28. The van der Waals surface area contributed by atoms with Gasteiger partial charge < -0.3 is 9.64 Å². The van der Waals surface area contributed by atoms with Crippen molar-refractivity contribution in [3.63, 3.8) is 0 Å². The Morgan fingerprint density at radius 3 is 2.54 bits per heavy atom. The lowest BCUT2D eigenvalue weighted by atomic mass is 10.2. The van der Waals surface area contributed by atoms with Crippen LogP contribution >= 0.6 is 15.9 Å². The lowest BCUT2D eigenvalue weighted by Crippen LogP contribution is -2.37. The van der Waals surface area contributed by atoms with Crippen molar-refractivity contribution in [1.29, 1.82) is 0 Å². The molecule has 0 heterocycles. The summed E-state index contributed by atoms with van der Waals surface area (Å²) in [6.07, 6.45) is 0. The van der Waals surface area contributed by atoms with Gasteiger partial charge in [-0.3, -0.25) is 4.79 Å². The second kappa shape index (κ2) is 7.33. The Labute approximate surface area is 88.6 Å². The molecule has 0 bridgehead atoms. The highest BCUT2D eigenvalue weighted by Gasteiger charge is 2.12. The highest BCUT2D eigenvalue weighted by molar-refractivity contribution is 9.09. The third-order valence-corrected chi connectivity index (χ3v) is 2.10. The second-order valence-corrected chi connectivity index (χ2v) is 3.92. The van der Waals surface area contributed by atoms with Crippen molar-refractivity contribution in [3.05, 3.63) is 0 Å². The smallest absolute Gasteiger partial charge is 0.233 e. The molecule has 0 aromatic rings. The van der Waals surface area contributed by atoms with Gasteiger partial charge in [0.15, 0.2) is 0 Å². The maximum atomic E-state index is 11.4. The van der Waals surface area contributed by atoms with E-state index in [2.05, 4.69) is 29.8 Å². The monoisotopic (exact) mass is 251 g/mol. The molecule has 0 N–H and O–H groups in total. The van der Waals surface area contributed by atoms with Crippen molar-refractivity contribution in [1.82, 2.24) is 4.90 Å². The molecule has 0 aliphatic rings. The van der Waals surface area contributed by atoms with E-state index in [0.717, 1.165) is 6.54 Å². The average molecular weight is 252 g/mol. The number of carbonyl (C=O) groups is 1. The zero-order valence-corrected chi connectivity index (χ0v) is 10.1. The number of alkyl halides is 1. The van der Waals surface area contributed by atoms with Gasteiger partial charge in [0.05, 0.1) is 11.9 Å². The van der Waals surface area contributed by atoms with Crippen molar-refractivity contribution in [3.8, 4) is 0 Å². The van der Waals surface area contributed by atoms with Gasteiger partial charge in [-0.15, -0.1) is 0 Å². The summed E-state index contributed by atoms with van der Waals surface area (Å²) in [6, 6.07) is 0. The maximum absolute atomic E-state index is 11.4. The summed E-state index contributed by atoms with van der Waals surface area (Å²) in [4.78, 5) is 13.2. The van der Waals surface area contributed by atoms with Gasteiger partial charge in [0, 0.05) is 20.2 Å². The number of halogens is 1. The first kappa shape index (κ1) is 12.9. The summed E-state index contributed by atoms with van der Waals surface area (Å²) in [7, 11) is 1.65. The van der Waals surface area contributed by atoms with Gasteiger partial charge in [-0.05, 0) is 5.92 Å². The molecule has 0 aliphatic carbocycles. The van der Waals surface area contributed by atoms with Gasteiger partial charge in [-0.1, -0.05) is 29.8 Å². The van der Waals surface area contributed by atoms with Gasteiger partial charge >= 0.3 is 0 Å². The molecule has 0 atom stereocenters. The molecule has 0 unspecified atom stereocenters. The number of hydrogen-bond donors (Lipinski definition) is 0. The molecule has 1 amide bonds. The highest BCUT2D eigenvalue weighted by Crippen LogP contribution is 2.00. The molecule has 0 saturated carbocycles. The lowest BCUT2D eigenvalue weighted by molar-refractivity contribution is -0.129. The van der Waals surface area contributed by atoms with Crippen LogP contribution in [0, 0.1) is 5.92 Å². The van der Waals surface area contributed by atoms with E-state index in [1.165, 1.54) is 0 Å². The van der Waals surface area contributed by atoms with E-state index in [9.17, 15) is 4.79 Å². The molecule has 0 spiro atoms. The van der Waals surface area contributed by atoms with Crippen LogP contribution in [0.3, 0.4) is 0 Å². The van der Waals surface area contributed by atoms with Crippen LogP contribution in [0.5, 0.6) is 0 Å². The Bertz CT molecular complexity index is 151. The topological polar surface area (TPSA) is 29.5 Å². The average Bonchev–Trinajstić information content (AvgIpc) is 2.10. The van der Waals surface area contributed by atoms with Crippen LogP contribution in [0.25, 0.3) is 0 Å². The fourth-order valence-electron chi connectivity index (χ4n) is 1.04. The molecule has 3 nitrogen and oxygen atoms in total. The SMILES string of the molecule is COCCN(CC(C)C)C(=O)CBr. The van der Waals surface area contributed by atoms with E-state index in [-0.39, 0.29) is 5.91 Å². The van der Waals surface area contributed by atoms with Crippen LogP contribution in [-0.2, 0) is 9.53 Å². The first-order valence-corrected chi connectivity index (χ1v) is 5.56. The molecule has 78 valence electrons. The molecule has 0 aromatic carbocycles. The fraction of sp³-hybridized carbons (Fsp3) is 0.889. The standard InChI is InChI=1S/C9H18BrNO2/c1-8(2)7-11(4-5-13-3)9(12)6-10/h8H,4-7H2,1-3H3. The molecule has 13 heavy (non-hydrogen) atoms. The molecule has 0 fully saturated rings. The Balaban J connectivity index is 3.94. The summed E-state index contributed by atoms with van der Waals surface area (Å²) in [5.41, 5.74) is 0. The Morgan fingerprint density at radius 2 is 2.15 bits per heavy atom. The number of rotatable bonds is 6. The lowest BCUT2D eigenvalue weighted by Gasteiger charge is -2.23. The normalized spacial score (nSPS) is 10.5. The predicted octanol–water partition coefficient (Wildman–Crippen LogP) is 1.51. The molecule has 0 aliphatic heterocycles. The maximum Gasteiger partial charge on any atom is 0.233 e. The summed E-state index contributed by atoms with van der Waals surface area (Å²) >= 11 is 3.17. The number of amides is 1.